The number of carbonyl (C=O) groups excluding carboxylic acids is 1. The van der Waals surface area contributed by atoms with E-state index in [1.54, 1.807) is 36.5 Å². The molecule has 0 saturated carbocycles. The van der Waals surface area contributed by atoms with Gasteiger partial charge in [0.15, 0.2) is 0 Å². The Hall–Kier alpha value is -2.66. The summed E-state index contributed by atoms with van der Waals surface area (Å²) in [5.41, 5.74) is 2.48. The molecule has 5 nitrogen and oxygen atoms in total. The number of aryl methyl sites for hydroxylation is 2. The molecule has 0 fully saturated rings. The number of carbonyl (C=O) groups is 1. The van der Waals surface area contributed by atoms with Crippen LogP contribution in [0.1, 0.15) is 21.5 Å². The van der Waals surface area contributed by atoms with Gasteiger partial charge in [0.25, 0.3) is 11.5 Å². The summed E-state index contributed by atoms with van der Waals surface area (Å²) in [4.78, 5) is 29.0. The second kappa shape index (κ2) is 5.85. The van der Waals surface area contributed by atoms with Gasteiger partial charge >= 0.3 is 0 Å². The molecule has 3 rings (SSSR count). The van der Waals surface area contributed by atoms with Crippen molar-refractivity contribution in [3.8, 4) is 0 Å². The lowest BCUT2D eigenvalue weighted by atomic mass is 10.2. The van der Waals surface area contributed by atoms with Gasteiger partial charge in [0.2, 0.25) is 0 Å². The number of hydrogen-bond acceptors (Lipinski definition) is 3. The molecule has 0 aliphatic carbocycles. The zero-order chi connectivity index (χ0) is 16.6. The quantitative estimate of drug-likeness (QED) is 0.786. The summed E-state index contributed by atoms with van der Waals surface area (Å²) in [6.45, 7) is 3.76. The van der Waals surface area contributed by atoms with Crippen molar-refractivity contribution in [2.75, 3.05) is 5.32 Å². The van der Waals surface area contributed by atoms with Crippen molar-refractivity contribution in [1.29, 1.82) is 0 Å². The predicted octanol–water partition coefficient (Wildman–Crippen LogP) is 3.22. The Labute approximate surface area is 137 Å². The average molecular weight is 328 g/mol. The molecule has 2 aromatic heterocycles. The van der Waals surface area contributed by atoms with Gasteiger partial charge in [-0.3, -0.25) is 14.0 Å². The molecule has 23 heavy (non-hydrogen) atoms. The van der Waals surface area contributed by atoms with E-state index >= 15 is 0 Å². The molecule has 2 heterocycles. The normalized spacial score (nSPS) is 10.7. The third-order valence-electron chi connectivity index (χ3n) is 3.56. The first kappa shape index (κ1) is 15.2. The molecule has 0 radical (unpaired) electrons. The summed E-state index contributed by atoms with van der Waals surface area (Å²) in [7, 11) is 0. The highest BCUT2D eigenvalue weighted by molar-refractivity contribution is 6.31. The fourth-order valence-corrected chi connectivity index (χ4v) is 2.42. The van der Waals surface area contributed by atoms with Crippen LogP contribution in [0.3, 0.4) is 0 Å². The summed E-state index contributed by atoms with van der Waals surface area (Å²) in [5.74, 6) is -0.511. The Kier molecular flexibility index (Phi) is 3.88. The van der Waals surface area contributed by atoms with Crippen molar-refractivity contribution in [2.24, 2.45) is 0 Å². The van der Waals surface area contributed by atoms with Crippen LogP contribution in [-0.4, -0.2) is 15.3 Å². The maximum atomic E-state index is 12.5. The van der Waals surface area contributed by atoms with E-state index < -0.39 is 11.5 Å². The molecule has 1 amide bonds. The highest BCUT2D eigenvalue weighted by atomic mass is 35.5. The maximum absolute atomic E-state index is 12.5. The van der Waals surface area contributed by atoms with Gasteiger partial charge in [0.05, 0.1) is 0 Å². The van der Waals surface area contributed by atoms with Gasteiger partial charge < -0.3 is 5.32 Å². The number of hydrogen-bond donors (Lipinski definition) is 1. The van der Waals surface area contributed by atoms with Crippen LogP contribution in [0.25, 0.3) is 5.65 Å². The molecule has 0 unspecified atom stereocenters. The molecule has 0 saturated heterocycles. The number of nitrogens with one attached hydrogen (secondary N) is 1. The molecular weight excluding hydrogens is 314 g/mol. The minimum Gasteiger partial charge on any atom is -0.321 e. The number of halogens is 1. The number of rotatable bonds is 2. The van der Waals surface area contributed by atoms with Crippen LogP contribution in [0.4, 0.5) is 5.69 Å². The number of fused-ring (bicyclic) bond motifs is 1. The van der Waals surface area contributed by atoms with Crippen molar-refractivity contribution < 1.29 is 4.79 Å². The van der Waals surface area contributed by atoms with Crippen molar-refractivity contribution >= 4 is 28.8 Å². The van der Waals surface area contributed by atoms with Crippen molar-refractivity contribution in [2.45, 2.75) is 13.8 Å². The van der Waals surface area contributed by atoms with Crippen molar-refractivity contribution in [3.63, 3.8) is 0 Å². The zero-order valence-electron chi connectivity index (χ0n) is 12.6. The van der Waals surface area contributed by atoms with E-state index in [-0.39, 0.29) is 5.56 Å². The van der Waals surface area contributed by atoms with Gasteiger partial charge in [-0.1, -0.05) is 17.7 Å². The van der Waals surface area contributed by atoms with Crippen LogP contribution in [0, 0.1) is 13.8 Å². The van der Waals surface area contributed by atoms with E-state index in [2.05, 4.69) is 10.3 Å². The summed E-state index contributed by atoms with van der Waals surface area (Å²) in [6, 6.07) is 8.75. The molecule has 0 bridgehead atoms. The smallest absolute Gasteiger partial charge is 0.270 e. The van der Waals surface area contributed by atoms with E-state index in [1.165, 1.54) is 10.6 Å². The highest BCUT2D eigenvalue weighted by Crippen LogP contribution is 2.20. The van der Waals surface area contributed by atoms with E-state index in [4.69, 9.17) is 11.6 Å². The topological polar surface area (TPSA) is 63.5 Å². The van der Waals surface area contributed by atoms with Gasteiger partial charge in [-0.2, -0.15) is 0 Å². The largest absolute Gasteiger partial charge is 0.321 e. The standard InChI is InChI=1S/C17H14ClN3O2/c1-10-5-6-21-15(7-10)19-9-13(17(21)23)16(22)20-14-8-12(18)4-3-11(14)2/h3-9H,1-2H3,(H,20,22). The zero-order valence-corrected chi connectivity index (χ0v) is 13.4. The number of benzene rings is 1. The first-order valence-electron chi connectivity index (χ1n) is 7.01. The summed E-state index contributed by atoms with van der Waals surface area (Å²) in [5, 5.41) is 3.22. The Morgan fingerprint density at radius 1 is 1.22 bits per heavy atom. The number of aromatic nitrogens is 2. The summed E-state index contributed by atoms with van der Waals surface area (Å²) >= 11 is 5.94. The van der Waals surface area contributed by atoms with Crippen molar-refractivity contribution in [1.82, 2.24) is 9.38 Å². The number of amides is 1. The fraction of sp³-hybridized carbons (Fsp3) is 0.118. The Balaban J connectivity index is 2.01. The van der Waals surface area contributed by atoms with E-state index in [0.29, 0.717) is 16.4 Å². The summed E-state index contributed by atoms with van der Waals surface area (Å²) < 4.78 is 1.35. The Morgan fingerprint density at radius 3 is 2.78 bits per heavy atom. The molecule has 116 valence electrons. The fourth-order valence-electron chi connectivity index (χ4n) is 2.25. The van der Waals surface area contributed by atoms with Crippen LogP contribution in [0.2, 0.25) is 5.02 Å². The number of pyridine rings is 1. The maximum Gasteiger partial charge on any atom is 0.270 e. The van der Waals surface area contributed by atoms with Crippen LogP contribution >= 0.6 is 11.6 Å². The monoisotopic (exact) mass is 327 g/mol. The molecule has 0 spiro atoms. The first-order valence-corrected chi connectivity index (χ1v) is 7.39. The molecule has 0 atom stereocenters. The Bertz CT molecular complexity index is 979. The van der Waals surface area contributed by atoms with E-state index in [1.807, 2.05) is 13.8 Å². The van der Waals surface area contributed by atoms with Gasteiger partial charge in [-0.15, -0.1) is 0 Å². The molecule has 6 heteroatoms. The minimum atomic E-state index is -0.511. The first-order chi connectivity index (χ1) is 11.0. The van der Waals surface area contributed by atoms with E-state index in [0.717, 1.165) is 11.1 Å². The van der Waals surface area contributed by atoms with Crippen LogP contribution in [-0.2, 0) is 0 Å². The third-order valence-corrected chi connectivity index (χ3v) is 3.79. The number of nitrogens with zero attached hydrogens (tertiary/aromatic N) is 2. The second-order valence-electron chi connectivity index (χ2n) is 5.32. The van der Waals surface area contributed by atoms with Gasteiger partial charge in [-0.05, 0) is 49.2 Å². The predicted molar refractivity (Wildman–Crippen MR) is 90.3 cm³/mol. The second-order valence-corrected chi connectivity index (χ2v) is 5.76. The van der Waals surface area contributed by atoms with Crippen molar-refractivity contribution in [3.05, 3.63) is 74.8 Å². The molecule has 0 aliphatic rings. The number of anilines is 1. The molecule has 1 N–H and O–H groups in total. The highest BCUT2D eigenvalue weighted by Gasteiger charge is 2.14. The molecule has 1 aromatic carbocycles. The van der Waals surface area contributed by atoms with Crippen LogP contribution in [0.5, 0.6) is 0 Å². The molecular formula is C17H14ClN3O2. The lowest BCUT2D eigenvalue weighted by Crippen LogP contribution is -2.26. The van der Waals surface area contributed by atoms with Crippen LogP contribution < -0.4 is 10.9 Å². The average Bonchev–Trinajstić information content (AvgIpc) is 2.51. The van der Waals surface area contributed by atoms with Crippen LogP contribution in [0.15, 0.2) is 47.5 Å². The van der Waals surface area contributed by atoms with E-state index in [9.17, 15) is 9.59 Å². The van der Waals surface area contributed by atoms with Gasteiger partial charge in [-0.25, -0.2) is 4.98 Å². The third kappa shape index (κ3) is 2.96. The molecule has 0 aliphatic heterocycles. The lowest BCUT2D eigenvalue weighted by Gasteiger charge is -2.09. The van der Waals surface area contributed by atoms with Gasteiger partial charge in [0, 0.05) is 23.1 Å². The van der Waals surface area contributed by atoms with Gasteiger partial charge in [0.1, 0.15) is 11.2 Å². The summed E-state index contributed by atoms with van der Waals surface area (Å²) in [6.07, 6.45) is 2.91. The minimum absolute atomic E-state index is 0.0225. The molecule has 3 aromatic rings. The Morgan fingerprint density at radius 2 is 2.00 bits per heavy atom. The SMILES string of the molecule is Cc1ccn2c(=O)c(C(=O)Nc3cc(Cl)ccc3C)cnc2c1. The lowest BCUT2D eigenvalue weighted by molar-refractivity contribution is 0.102.